The Morgan fingerprint density at radius 1 is 1.63 bits per heavy atom. The van der Waals surface area contributed by atoms with Crippen LogP contribution in [0, 0.1) is 12.8 Å². The lowest BCUT2D eigenvalue weighted by Gasteiger charge is -2.11. The molecule has 1 aromatic heterocycles. The van der Waals surface area contributed by atoms with Crippen LogP contribution in [-0.4, -0.2) is 35.7 Å². The van der Waals surface area contributed by atoms with E-state index < -0.39 is 0 Å². The molecule has 1 N–H and O–H groups in total. The number of nitrogens with one attached hydrogen (secondary N) is 1. The van der Waals surface area contributed by atoms with Crippen molar-refractivity contribution >= 4 is 5.91 Å². The highest BCUT2D eigenvalue weighted by atomic mass is 16.5. The van der Waals surface area contributed by atoms with E-state index in [0.29, 0.717) is 24.7 Å². The zero-order valence-corrected chi connectivity index (χ0v) is 11.5. The zero-order valence-electron chi connectivity index (χ0n) is 11.5. The maximum atomic E-state index is 12.0. The van der Waals surface area contributed by atoms with Crippen molar-refractivity contribution in [1.29, 1.82) is 0 Å². The topological polar surface area (TPSA) is 73.3 Å². The van der Waals surface area contributed by atoms with Crippen molar-refractivity contribution in [2.75, 3.05) is 13.7 Å². The van der Waals surface area contributed by atoms with Gasteiger partial charge >= 0.3 is 0 Å². The lowest BCUT2D eigenvalue weighted by molar-refractivity contribution is -0.125. The number of ether oxygens (including phenoxy) is 2. The Morgan fingerprint density at radius 2 is 2.42 bits per heavy atom. The average Bonchev–Trinajstić information content (AvgIpc) is 2.83. The van der Waals surface area contributed by atoms with E-state index in [4.69, 9.17) is 9.47 Å². The van der Waals surface area contributed by atoms with Gasteiger partial charge in [0.15, 0.2) is 0 Å². The number of carbonyl (C=O) groups excluding carboxylic acids is 1. The predicted octanol–water partition coefficient (Wildman–Crippen LogP) is 0.835. The van der Waals surface area contributed by atoms with Gasteiger partial charge in [0, 0.05) is 6.20 Å². The second-order valence-corrected chi connectivity index (χ2v) is 4.76. The number of aromatic nitrogens is 2. The van der Waals surface area contributed by atoms with Crippen LogP contribution in [0.5, 0.6) is 5.88 Å². The molecule has 0 bridgehead atoms. The molecule has 2 unspecified atom stereocenters. The molecule has 0 aliphatic carbocycles. The number of hydrogen-bond donors (Lipinski definition) is 1. The van der Waals surface area contributed by atoms with Crippen LogP contribution in [-0.2, 0) is 16.1 Å². The van der Waals surface area contributed by atoms with E-state index in [0.717, 1.165) is 12.1 Å². The summed E-state index contributed by atoms with van der Waals surface area (Å²) in [5.74, 6) is 0.379. The summed E-state index contributed by atoms with van der Waals surface area (Å²) >= 11 is 0. The van der Waals surface area contributed by atoms with Crippen LogP contribution in [0.1, 0.15) is 24.7 Å². The molecule has 6 nitrogen and oxygen atoms in total. The van der Waals surface area contributed by atoms with Gasteiger partial charge in [-0.25, -0.2) is 4.98 Å². The highest BCUT2D eigenvalue weighted by Crippen LogP contribution is 2.19. The van der Waals surface area contributed by atoms with Crippen molar-refractivity contribution in [2.24, 2.45) is 5.92 Å². The van der Waals surface area contributed by atoms with Crippen LogP contribution in [0.3, 0.4) is 0 Å². The fraction of sp³-hybridized carbons (Fsp3) is 0.615. The van der Waals surface area contributed by atoms with E-state index in [1.165, 1.54) is 0 Å². The Morgan fingerprint density at radius 3 is 3.05 bits per heavy atom. The number of methoxy groups -OCH3 is 1. The van der Waals surface area contributed by atoms with E-state index in [-0.39, 0.29) is 17.9 Å². The first-order chi connectivity index (χ1) is 9.10. The summed E-state index contributed by atoms with van der Waals surface area (Å²) in [5, 5.41) is 2.85. The third kappa shape index (κ3) is 3.41. The first kappa shape index (κ1) is 13.7. The van der Waals surface area contributed by atoms with Crippen molar-refractivity contribution in [3.63, 3.8) is 0 Å². The molecule has 0 aromatic carbocycles. The lowest BCUT2D eigenvalue weighted by atomic mass is 10.1. The minimum atomic E-state index is -0.0700. The summed E-state index contributed by atoms with van der Waals surface area (Å²) in [6.45, 7) is 4.63. The summed E-state index contributed by atoms with van der Waals surface area (Å²) in [6, 6.07) is 0. The summed E-state index contributed by atoms with van der Waals surface area (Å²) in [5.41, 5.74) is 1.42. The monoisotopic (exact) mass is 265 g/mol. The molecule has 104 valence electrons. The molecule has 1 aromatic rings. The molecular formula is C13H19N3O3. The van der Waals surface area contributed by atoms with Crippen LogP contribution in [0.2, 0.25) is 0 Å². The van der Waals surface area contributed by atoms with E-state index in [2.05, 4.69) is 15.3 Å². The molecule has 1 saturated heterocycles. The average molecular weight is 265 g/mol. The molecular weight excluding hydrogens is 246 g/mol. The standard InChI is InChI=1S/C13H19N3O3/c1-8-5-14-11(13(16-8)18-3)6-15-12(17)10-4-9(2)19-7-10/h5,9-10H,4,6-7H2,1-3H3,(H,15,17). The van der Waals surface area contributed by atoms with Gasteiger partial charge in [-0.05, 0) is 20.3 Å². The van der Waals surface area contributed by atoms with E-state index >= 15 is 0 Å². The van der Waals surface area contributed by atoms with Gasteiger partial charge in [-0.15, -0.1) is 0 Å². The molecule has 1 aliphatic rings. The fourth-order valence-corrected chi connectivity index (χ4v) is 2.08. The molecule has 0 spiro atoms. The molecule has 1 fully saturated rings. The van der Waals surface area contributed by atoms with Crippen molar-refractivity contribution in [3.8, 4) is 5.88 Å². The van der Waals surface area contributed by atoms with Crippen LogP contribution in [0.4, 0.5) is 0 Å². The largest absolute Gasteiger partial charge is 0.480 e. The summed E-state index contributed by atoms with van der Waals surface area (Å²) < 4.78 is 10.5. The molecule has 0 radical (unpaired) electrons. The predicted molar refractivity (Wildman–Crippen MR) is 68.7 cm³/mol. The minimum Gasteiger partial charge on any atom is -0.480 e. The molecule has 2 atom stereocenters. The number of carbonyl (C=O) groups is 1. The molecule has 1 amide bonds. The zero-order chi connectivity index (χ0) is 13.8. The number of amides is 1. The van der Waals surface area contributed by atoms with Crippen molar-refractivity contribution < 1.29 is 14.3 Å². The third-order valence-electron chi connectivity index (χ3n) is 3.12. The lowest BCUT2D eigenvalue weighted by Crippen LogP contribution is -2.31. The quantitative estimate of drug-likeness (QED) is 0.873. The van der Waals surface area contributed by atoms with Gasteiger partial charge in [-0.3, -0.25) is 9.78 Å². The van der Waals surface area contributed by atoms with Gasteiger partial charge in [0.25, 0.3) is 0 Å². The maximum absolute atomic E-state index is 12.0. The molecule has 2 rings (SSSR count). The van der Waals surface area contributed by atoms with Crippen LogP contribution < -0.4 is 10.1 Å². The van der Waals surface area contributed by atoms with Crippen molar-refractivity contribution in [1.82, 2.24) is 15.3 Å². The SMILES string of the molecule is COc1nc(C)cnc1CNC(=O)C1COC(C)C1. The Hall–Kier alpha value is -1.69. The maximum Gasteiger partial charge on any atom is 0.237 e. The number of aryl methyl sites for hydroxylation is 1. The van der Waals surface area contributed by atoms with Crippen LogP contribution in [0.15, 0.2) is 6.20 Å². The third-order valence-corrected chi connectivity index (χ3v) is 3.12. The molecule has 1 aliphatic heterocycles. The van der Waals surface area contributed by atoms with E-state index in [9.17, 15) is 4.79 Å². The van der Waals surface area contributed by atoms with Crippen LogP contribution in [0.25, 0.3) is 0 Å². The number of nitrogens with zero attached hydrogens (tertiary/aromatic N) is 2. The van der Waals surface area contributed by atoms with Crippen molar-refractivity contribution in [3.05, 3.63) is 17.6 Å². The Bertz CT molecular complexity index is 464. The smallest absolute Gasteiger partial charge is 0.237 e. The number of hydrogen-bond acceptors (Lipinski definition) is 5. The Balaban J connectivity index is 1.93. The Labute approximate surface area is 112 Å². The highest BCUT2D eigenvalue weighted by molar-refractivity contribution is 5.79. The second kappa shape index (κ2) is 5.97. The summed E-state index contributed by atoms with van der Waals surface area (Å²) in [7, 11) is 1.54. The molecule has 2 heterocycles. The summed E-state index contributed by atoms with van der Waals surface area (Å²) in [4.78, 5) is 20.4. The normalized spacial score (nSPS) is 22.3. The minimum absolute atomic E-state index is 0.00576. The fourth-order valence-electron chi connectivity index (χ4n) is 2.08. The van der Waals surface area contributed by atoms with Crippen molar-refractivity contribution in [2.45, 2.75) is 32.9 Å². The van der Waals surface area contributed by atoms with E-state index in [1.54, 1.807) is 13.3 Å². The van der Waals surface area contributed by atoms with Crippen LogP contribution >= 0.6 is 0 Å². The van der Waals surface area contributed by atoms with Gasteiger partial charge in [0.05, 0.1) is 38.0 Å². The van der Waals surface area contributed by atoms with Gasteiger partial charge in [0.1, 0.15) is 5.69 Å². The van der Waals surface area contributed by atoms with Gasteiger partial charge in [-0.1, -0.05) is 0 Å². The first-order valence-electron chi connectivity index (χ1n) is 6.36. The first-order valence-corrected chi connectivity index (χ1v) is 6.36. The van der Waals surface area contributed by atoms with Gasteiger partial charge < -0.3 is 14.8 Å². The Kier molecular flexibility index (Phi) is 4.31. The van der Waals surface area contributed by atoms with Gasteiger partial charge in [-0.2, -0.15) is 0 Å². The summed E-state index contributed by atoms with van der Waals surface area (Å²) in [6.07, 6.45) is 2.58. The van der Waals surface area contributed by atoms with E-state index in [1.807, 2.05) is 13.8 Å². The van der Waals surface area contributed by atoms with Gasteiger partial charge in [0.2, 0.25) is 11.8 Å². The molecule has 0 saturated carbocycles. The molecule has 6 heteroatoms. The second-order valence-electron chi connectivity index (χ2n) is 4.76. The highest BCUT2D eigenvalue weighted by Gasteiger charge is 2.28. The molecule has 19 heavy (non-hydrogen) atoms. The number of rotatable bonds is 4.